The van der Waals surface area contributed by atoms with E-state index in [9.17, 15) is 4.79 Å². The van der Waals surface area contributed by atoms with Crippen LogP contribution in [0, 0.1) is 0 Å². The normalized spacial score (nSPS) is 10.4. The van der Waals surface area contributed by atoms with Crippen molar-refractivity contribution in [3.8, 4) is 17.1 Å². The molecule has 3 rings (SSSR count). The van der Waals surface area contributed by atoms with Crippen molar-refractivity contribution in [3.63, 3.8) is 0 Å². The minimum Gasteiger partial charge on any atom is -0.298 e. The topological polar surface area (TPSA) is 47.8 Å². The van der Waals surface area contributed by atoms with Crippen LogP contribution in [0.1, 0.15) is 10.4 Å². The number of rotatable bonds is 3. The van der Waals surface area contributed by atoms with Gasteiger partial charge in [0.15, 0.2) is 12.1 Å². The van der Waals surface area contributed by atoms with Gasteiger partial charge in [-0.25, -0.2) is 9.67 Å². The molecule has 0 aliphatic heterocycles. The lowest BCUT2D eigenvalue weighted by Crippen LogP contribution is -1.97. The summed E-state index contributed by atoms with van der Waals surface area (Å²) in [6, 6.07) is 13.2. The number of benzene rings is 1. The number of carbonyl (C=O) groups is 1. The first-order valence-electron chi connectivity index (χ1n) is 6.00. The van der Waals surface area contributed by atoms with Gasteiger partial charge in [0.1, 0.15) is 5.69 Å². The molecule has 0 atom stereocenters. The van der Waals surface area contributed by atoms with Crippen LogP contribution in [0.3, 0.4) is 0 Å². The number of halogens is 1. The van der Waals surface area contributed by atoms with Gasteiger partial charge in [-0.15, -0.1) is 0 Å². The molecule has 0 N–H and O–H groups in total. The van der Waals surface area contributed by atoms with E-state index in [1.165, 1.54) is 0 Å². The highest BCUT2D eigenvalue weighted by Crippen LogP contribution is 2.24. The van der Waals surface area contributed by atoms with Crippen LogP contribution in [0.25, 0.3) is 17.1 Å². The van der Waals surface area contributed by atoms with Crippen molar-refractivity contribution >= 4 is 22.2 Å². The summed E-state index contributed by atoms with van der Waals surface area (Å²) >= 11 is 3.42. The maximum absolute atomic E-state index is 11.2. The Hall–Kier alpha value is -2.27. The van der Waals surface area contributed by atoms with E-state index in [1.807, 2.05) is 42.5 Å². The van der Waals surface area contributed by atoms with Gasteiger partial charge in [0.05, 0.1) is 5.56 Å². The van der Waals surface area contributed by atoms with Gasteiger partial charge in [-0.1, -0.05) is 34.1 Å². The molecule has 0 aliphatic carbocycles. The van der Waals surface area contributed by atoms with Crippen LogP contribution in [0.15, 0.2) is 59.3 Å². The van der Waals surface area contributed by atoms with E-state index >= 15 is 0 Å². The first-order chi connectivity index (χ1) is 9.78. The Morgan fingerprint density at radius 1 is 1.15 bits per heavy atom. The Morgan fingerprint density at radius 2 is 2.05 bits per heavy atom. The highest BCUT2D eigenvalue weighted by molar-refractivity contribution is 9.10. The SMILES string of the molecule is O=Cc1cn(-c2ccccn2)nc1-c1cccc(Br)c1. The monoisotopic (exact) mass is 327 g/mol. The van der Waals surface area contributed by atoms with Crippen molar-refractivity contribution in [1.29, 1.82) is 0 Å². The third-order valence-electron chi connectivity index (χ3n) is 2.85. The molecule has 0 spiro atoms. The molecule has 98 valence electrons. The Bertz CT molecular complexity index is 753. The van der Waals surface area contributed by atoms with Crippen molar-refractivity contribution in [3.05, 3.63) is 64.9 Å². The van der Waals surface area contributed by atoms with Gasteiger partial charge in [-0.2, -0.15) is 5.10 Å². The maximum atomic E-state index is 11.2. The highest BCUT2D eigenvalue weighted by atomic mass is 79.9. The van der Waals surface area contributed by atoms with Gasteiger partial charge < -0.3 is 0 Å². The van der Waals surface area contributed by atoms with Crippen molar-refractivity contribution in [2.24, 2.45) is 0 Å². The van der Waals surface area contributed by atoms with Crippen LogP contribution in [-0.2, 0) is 0 Å². The standard InChI is InChI=1S/C15H10BrN3O/c16-13-5-3-4-11(8-13)15-12(10-20)9-19(18-15)14-6-1-2-7-17-14/h1-10H. The number of aromatic nitrogens is 3. The summed E-state index contributed by atoms with van der Waals surface area (Å²) in [6.07, 6.45) is 4.19. The lowest BCUT2D eigenvalue weighted by atomic mass is 10.1. The first-order valence-corrected chi connectivity index (χ1v) is 6.79. The average molecular weight is 328 g/mol. The number of hydrogen-bond acceptors (Lipinski definition) is 3. The molecule has 0 aliphatic rings. The minimum absolute atomic E-state index is 0.536. The van der Waals surface area contributed by atoms with Crippen LogP contribution < -0.4 is 0 Å². The van der Waals surface area contributed by atoms with Gasteiger partial charge in [0.2, 0.25) is 0 Å². The van der Waals surface area contributed by atoms with E-state index in [1.54, 1.807) is 17.1 Å². The van der Waals surface area contributed by atoms with Gasteiger partial charge in [-0.3, -0.25) is 4.79 Å². The highest BCUT2D eigenvalue weighted by Gasteiger charge is 2.12. The van der Waals surface area contributed by atoms with Crippen molar-refractivity contribution in [1.82, 2.24) is 14.8 Å². The van der Waals surface area contributed by atoms with E-state index < -0.39 is 0 Å². The molecule has 0 unspecified atom stereocenters. The molecule has 5 heteroatoms. The largest absolute Gasteiger partial charge is 0.298 e. The predicted molar refractivity (Wildman–Crippen MR) is 79.9 cm³/mol. The smallest absolute Gasteiger partial charge is 0.153 e. The Labute approximate surface area is 124 Å². The molecule has 0 saturated carbocycles. The van der Waals surface area contributed by atoms with Gasteiger partial charge in [0.25, 0.3) is 0 Å². The Balaban J connectivity index is 2.13. The van der Waals surface area contributed by atoms with Crippen LogP contribution in [0.2, 0.25) is 0 Å². The average Bonchev–Trinajstić information content (AvgIpc) is 2.92. The minimum atomic E-state index is 0.536. The number of carbonyl (C=O) groups excluding carboxylic acids is 1. The summed E-state index contributed by atoms with van der Waals surface area (Å²) in [6.45, 7) is 0. The van der Waals surface area contributed by atoms with Gasteiger partial charge in [-0.05, 0) is 24.3 Å². The summed E-state index contributed by atoms with van der Waals surface area (Å²) in [4.78, 5) is 15.5. The maximum Gasteiger partial charge on any atom is 0.153 e. The molecule has 2 aromatic heterocycles. The van der Waals surface area contributed by atoms with E-state index in [2.05, 4.69) is 26.0 Å². The van der Waals surface area contributed by atoms with Crippen LogP contribution in [-0.4, -0.2) is 21.1 Å². The van der Waals surface area contributed by atoms with E-state index in [-0.39, 0.29) is 0 Å². The van der Waals surface area contributed by atoms with E-state index in [0.717, 1.165) is 16.3 Å². The summed E-state index contributed by atoms with van der Waals surface area (Å²) in [5.41, 5.74) is 2.07. The fourth-order valence-corrected chi connectivity index (χ4v) is 2.34. The zero-order chi connectivity index (χ0) is 13.9. The van der Waals surface area contributed by atoms with Crippen molar-refractivity contribution in [2.75, 3.05) is 0 Å². The van der Waals surface area contributed by atoms with Crippen LogP contribution in [0.4, 0.5) is 0 Å². The Morgan fingerprint density at radius 3 is 2.75 bits per heavy atom. The van der Waals surface area contributed by atoms with E-state index in [4.69, 9.17) is 0 Å². The number of hydrogen-bond donors (Lipinski definition) is 0. The molecule has 0 amide bonds. The number of nitrogens with zero attached hydrogens (tertiary/aromatic N) is 3. The Kier molecular flexibility index (Phi) is 3.43. The quantitative estimate of drug-likeness (QED) is 0.691. The second-order valence-corrected chi connectivity index (χ2v) is 5.11. The van der Waals surface area contributed by atoms with Crippen LogP contribution >= 0.6 is 15.9 Å². The summed E-state index contributed by atoms with van der Waals surface area (Å²) in [7, 11) is 0. The fraction of sp³-hybridized carbons (Fsp3) is 0. The number of aldehydes is 1. The molecule has 4 nitrogen and oxygen atoms in total. The molecule has 0 fully saturated rings. The summed E-state index contributed by atoms with van der Waals surface area (Å²) in [5.74, 6) is 0.678. The molecule has 0 saturated heterocycles. The lowest BCUT2D eigenvalue weighted by Gasteiger charge is -2.00. The molecule has 2 heterocycles. The third-order valence-corrected chi connectivity index (χ3v) is 3.34. The third kappa shape index (κ3) is 2.40. The van der Waals surface area contributed by atoms with Crippen LogP contribution in [0.5, 0.6) is 0 Å². The van der Waals surface area contributed by atoms with E-state index in [0.29, 0.717) is 17.1 Å². The number of pyridine rings is 1. The molecule has 0 bridgehead atoms. The molecular formula is C15H10BrN3O. The predicted octanol–water partition coefficient (Wildman–Crippen LogP) is 3.51. The lowest BCUT2D eigenvalue weighted by molar-refractivity contribution is 0.112. The van der Waals surface area contributed by atoms with Gasteiger partial charge >= 0.3 is 0 Å². The molecule has 20 heavy (non-hydrogen) atoms. The van der Waals surface area contributed by atoms with Gasteiger partial charge in [0, 0.05) is 22.4 Å². The van der Waals surface area contributed by atoms with Crippen molar-refractivity contribution in [2.45, 2.75) is 0 Å². The first kappa shape index (κ1) is 12.7. The second kappa shape index (κ2) is 5.38. The second-order valence-electron chi connectivity index (χ2n) is 4.19. The molecular weight excluding hydrogens is 318 g/mol. The summed E-state index contributed by atoms with van der Waals surface area (Å²) < 4.78 is 2.55. The molecule has 3 aromatic rings. The summed E-state index contributed by atoms with van der Waals surface area (Å²) in [5, 5.41) is 4.46. The van der Waals surface area contributed by atoms with Crippen molar-refractivity contribution < 1.29 is 4.79 Å². The zero-order valence-corrected chi connectivity index (χ0v) is 12.0. The zero-order valence-electron chi connectivity index (χ0n) is 10.4. The molecule has 1 aromatic carbocycles. The fourth-order valence-electron chi connectivity index (χ4n) is 1.94. The molecule has 0 radical (unpaired) electrons.